The molecule has 0 heterocycles. The Kier molecular flexibility index (Phi) is 8.38. The normalized spacial score (nSPS) is 12.9. The second-order valence-corrected chi connectivity index (χ2v) is 4.03. The van der Waals surface area contributed by atoms with Gasteiger partial charge in [-0.3, -0.25) is 19.7 Å². The van der Waals surface area contributed by atoms with Gasteiger partial charge in [0.15, 0.2) is 0 Å². The summed E-state index contributed by atoms with van der Waals surface area (Å²) in [4.78, 5) is 10.3. The van der Waals surface area contributed by atoms with Gasteiger partial charge in [0.05, 0.1) is 0 Å². The fourth-order valence-corrected chi connectivity index (χ4v) is 0.712. The third-order valence-electron chi connectivity index (χ3n) is 1.21. The second kappa shape index (κ2) is 7.54. The van der Waals surface area contributed by atoms with Gasteiger partial charge in [0.2, 0.25) is 0 Å². The van der Waals surface area contributed by atoms with Crippen LogP contribution in [-0.2, 0) is 15.2 Å². The first-order valence-electron chi connectivity index (χ1n) is 3.96. The van der Waals surface area contributed by atoms with Crippen molar-refractivity contribution in [1.82, 2.24) is 5.43 Å². The predicted molar refractivity (Wildman–Crippen MR) is 52.4 cm³/mol. The molecule has 0 bridgehead atoms. The molecule has 0 fully saturated rings. The summed E-state index contributed by atoms with van der Waals surface area (Å²) in [5.74, 6) is 4.44. The number of carboxylic acids is 1. The second-order valence-electron chi connectivity index (χ2n) is 3.13. The SMILES string of the molecule is CC(C)C[C@H](NN)C(=O)O.O=S(=O)(O)O. The predicted octanol–water partition coefficient (Wildman–Crippen LogP) is -0.704. The quantitative estimate of drug-likeness (QED) is 0.247. The van der Waals surface area contributed by atoms with E-state index >= 15 is 0 Å². The minimum absolute atomic E-state index is 0.345. The Labute approximate surface area is 88.0 Å². The van der Waals surface area contributed by atoms with E-state index in [-0.39, 0.29) is 0 Å². The fourth-order valence-electron chi connectivity index (χ4n) is 0.712. The van der Waals surface area contributed by atoms with Crippen LogP contribution >= 0.6 is 0 Å². The topological polar surface area (TPSA) is 150 Å². The smallest absolute Gasteiger partial charge is 0.394 e. The van der Waals surface area contributed by atoms with E-state index in [0.29, 0.717) is 12.3 Å². The van der Waals surface area contributed by atoms with Crippen molar-refractivity contribution in [3.63, 3.8) is 0 Å². The molecule has 1 atom stereocenters. The number of nitrogens with two attached hydrogens (primary N) is 1. The van der Waals surface area contributed by atoms with E-state index in [1.165, 1.54) is 0 Å². The van der Waals surface area contributed by atoms with Crippen molar-refractivity contribution in [3.8, 4) is 0 Å². The van der Waals surface area contributed by atoms with Gasteiger partial charge < -0.3 is 5.11 Å². The molecule has 0 radical (unpaired) electrons. The first-order chi connectivity index (χ1) is 6.57. The Bertz CT molecular complexity index is 267. The highest BCUT2D eigenvalue weighted by molar-refractivity contribution is 7.79. The van der Waals surface area contributed by atoms with Crippen LogP contribution < -0.4 is 11.3 Å². The molecule has 0 rings (SSSR count). The highest BCUT2D eigenvalue weighted by Crippen LogP contribution is 2.03. The summed E-state index contributed by atoms with van der Waals surface area (Å²) in [6.45, 7) is 3.90. The molecule has 0 aliphatic carbocycles. The van der Waals surface area contributed by atoms with Gasteiger partial charge in [-0.15, -0.1) is 0 Å². The van der Waals surface area contributed by atoms with Crippen LogP contribution in [-0.4, -0.2) is 34.6 Å². The van der Waals surface area contributed by atoms with Crippen LogP contribution in [0.5, 0.6) is 0 Å². The number of aliphatic carboxylic acids is 1. The van der Waals surface area contributed by atoms with E-state index in [4.69, 9.17) is 28.5 Å². The van der Waals surface area contributed by atoms with Crippen molar-refractivity contribution in [2.24, 2.45) is 11.8 Å². The first-order valence-corrected chi connectivity index (χ1v) is 5.36. The van der Waals surface area contributed by atoms with Gasteiger partial charge in [0, 0.05) is 0 Å². The van der Waals surface area contributed by atoms with E-state index in [1.54, 1.807) is 0 Å². The summed E-state index contributed by atoms with van der Waals surface area (Å²) in [6, 6.07) is -0.611. The van der Waals surface area contributed by atoms with Gasteiger partial charge in [0.1, 0.15) is 6.04 Å². The lowest BCUT2D eigenvalue weighted by atomic mass is 10.0. The molecule has 9 heteroatoms. The van der Waals surface area contributed by atoms with Crippen LogP contribution in [0.4, 0.5) is 0 Å². The van der Waals surface area contributed by atoms with Gasteiger partial charge in [-0.2, -0.15) is 8.42 Å². The molecule has 0 aromatic heterocycles. The molecule has 0 amide bonds. The summed E-state index contributed by atoms with van der Waals surface area (Å²) in [7, 11) is -4.67. The largest absolute Gasteiger partial charge is 0.480 e. The lowest BCUT2D eigenvalue weighted by Gasteiger charge is -2.12. The van der Waals surface area contributed by atoms with Gasteiger partial charge in [-0.1, -0.05) is 13.8 Å². The molecule has 92 valence electrons. The monoisotopic (exact) mass is 244 g/mol. The molecular weight excluding hydrogens is 228 g/mol. The van der Waals surface area contributed by atoms with Crippen LogP contribution in [0.2, 0.25) is 0 Å². The van der Waals surface area contributed by atoms with Crippen molar-refractivity contribution < 1.29 is 27.4 Å². The van der Waals surface area contributed by atoms with Crippen molar-refractivity contribution in [1.29, 1.82) is 0 Å². The summed E-state index contributed by atoms with van der Waals surface area (Å²) in [5.41, 5.74) is 2.23. The molecule has 0 saturated heterocycles. The van der Waals surface area contributed by atoms with E-state index in [1.807, 2.05) is 13.8 Å². The number of carboxylic acid groups (broad SMARTS) is 1. The Hall–Kier alpha value is -0.740. The van der Waals surface area contributed by atoms with E-state index in [0.717, 1.165) is 0 Å². The van der Waals surface area contributed by atoms with Gasteiger partial charge >= 0.3 is 16.4 Å². The Balaban J connectivity index is 0. The number of hydrogen-bond donors (Lipinski definition) is 5. The summed E-state index contributed by atoms with van der Waals surface area (Å²) in [6.07, 6.45) is 0.561. The minimum atomic E-state index is -4.67. The maximum absolute atomic E-state index is 10.3. The number of hydrazine groups is 1. The summed E-state index contributed by atoms with van der Waals surface area (Å²) >= 11 is 0. The van der Waals surface area contributed by atoms with E-state index in [9.17, 15) is 4.79 Å². The standard InChI is InChI=1S/C6H14N2O2.H2O4S/c1-4(2)3-5(8-7)6(9)10;1-5(2,3)4/h4-5,8H,3,7H2,1-2H3,(H,9,10);(H2,1,2,3,4)/t5-;/m0./s1. The zero-order chi connectivity index (χ0) is 12.6. The van der Waals surface area contributed by atoms with Crippen LogP contribution in [0.3, 0.4) is 0 Å². The van der Waals surface area contributed by atoms with Gasteiger partial charge in [-0.05, 0) is 12.3 Å². The third-order valence-corrected chi connectivity index (χ3v) is 1.21. The van der Waals surface area contributed by atoms with Crippen molar-refractivity contribution >= 4 is 16.4 Å². The Morgan fingerprint density at radius 2 is 1.73 bits per heavy atom. The zero-order valence-corrected chi connectivity index (χ0v) is 9.23. The molecule has 0 spiro atoms. The van der Waals surface area contributed by atoms with E-state index < -0.39 is 22.4 Å². The number of carbonyl (C=O) groups is 1. The fraction of sp³-hybridized carbons (Fsp3) is 0.833. The maximum Gasteiger partial charge on any atom is 0.394 e. The summed E-state index contributed by atoms with van der Waals surface area (Å²) < 4.78 is 31.6. The highest BCUT2D eigenvalue weighted by atomic mass is 32.3. The molecule has 15 heavy (non-hydrogen) atoms. The number of rotatable bonds is 4. The van der Waals surface area contributed by atoms with Crippen LogP contribution in [0, 0.1) is 5.92 Å². The zero-order valence-electron chi connectivity index (χ0n) is 8.41. The first kappa shape index (κ1) is 16.7. The molecule has 6 N–H and O–H groups in total. The average molecular weight is 244 g/mol. The lowest BCUT2D eigenvalue weighted by Crippen LogP contribution is -2.42. The maximum atomic E-state index is 10.3. The van der Waals surface area contributed by atoms with Crippen LogP contribution in [0.15, 0.2) is 0 Å². The third kappa shape index (κ3) is 19.6. The lowest BCUT2D eigenvalue weighted by molar-refractivity contribution is -0.139. The minimum Gasteiger partial charge on any atom is -0.480 e. The summed E-state index contributed by atoms with van der Waals surface area (Å²) in [5, 5.41) is 8.48. The molecule has 0 unspecified atom stereocenters. The molecular formula is C6H16N2O6S. The number of nitrogens with one attached hydrogen (secondary N) is 1. The molecule has 0 aromatic carbocycles. The Morgan fingerprint density at radius 3 is 1.80 bits per heavy atom. The van der Waals surface area contributed by atoms with Crippen molar-refractivity contribution in [3.05, 3.63) is 0 Å². The van der Waals surface area contributed by atoms with Crippen LogP contribution in [0.1, 0.15) is 20.3 Å². The molecule has 0 aromatic rings. The average Bonchev–Trinajstić information content (AvgIpc) is 1.95. The van der Waals surface area contributed by atoms with Crippen molar-refractivity contribution in [2.45, 2.75) is 26.3 Å². The highest BCUT2D eigenvalue weighted by Gasteiger charge is 2.15. The molecule has 0 saturated carbocycles. The van der Waals surface area contributed by atoms with Crippen LogP contribution in [0.25, 0.3) is 0 Å². The van der Waals surface area contributed by atoms with E-state index in [2.05, 4.69) is 5.43 Å². The van der Waals surface area contributed by atoms with Crippen molar-refractivity contribution in [2.75, 3.05) is 0 Å². The molecule has 0 aliphatic rings. The molecule has 0 aliphatic heterocycles. The van der Waals surface area contributed by atoms with Gasteiger partial charge in [0.25, 0.3) is 0 Å². The number of hydrogen-bond acceptors (Lipinski definition) is 5. The Morgan fingerprint density at radius 1 is 1.40 bits per heavy atom. The van der Waals surface area contributed by atoms with Gasteiger partial charge in [-0.25, -0.2) is 5.43 Å². The molecule has 8 nitrogen and oxygen atoms in total.